The van der Waals surface area contributed by atoms with Gasteiger partial charge in [0.2, 0.25) is 5.91 Å². The van der Waals surface area contributed by atoms with Crippen molar-refractivity contribution in [3.63, 3.8) is 0 Å². The van der Waals surface area contributed by atoms with Gasteiger partial charge in [0.25, 0.3) is 0 Å². The van der Waals surface area contributed by atoms with Gasteiger partial charge in [0, 0.05) is 26.1 Å². The van der Waals surface area contributed by atoms with E-state index in [0.717, 1.165) is 35.4 Å². The number of fused-ring (bicyclic) bond motifs is 1. The molecule has 23 heavy (non-hydrogen) atoms. The van der Waals surface area contributed by atoms with E-state index in [1.54, 1.807) is 10.6 Å². The molecular formula is C17H22N2O3S. The second-order valence-electron chi connectivity index (χ2n) is 6.09. The first-order valence-corrected chi connectivity index (χ1v) is 9.15. The second-order valence-corrected chi connectivity index (χ2v) is 7.31. The first-order chi connectivity index (χ1) is 11.1. The third-order valence-corrected chi connectivity index (χ3v) is 5.55. The fraction of sp³-hybridized carbons (Fsp3) is 0.529. The summed E-state index contributed by atoms with van der Waals surface area (Å²) in [6.07, 6.45) is 2.43. The van der Waals surface area contributed by atoms with Gasteiger partial charge in [-0.25, -0.2) is 4.79 Å². The Hall–Kier alpha value is -1.69. The molecule has 1 fully saturated rings. The van der Waals surface area contributed by atoms with Crippen molar-refractivity contribution in [2.24, 2.45) is 0 Å². The fourth-order valence-corrected chi connectivity index (χ4v) is 4.13. The van der Waals surface area contributed by atoms with E-state index in [9.17, 15) is 9.59 Å². The van der Waals surface area contributed by atoms with Crippen LogP contribution in [0.4, 0.5) is 0 Å². The first kappa shape index (κ1) is 16.2. The van der Waals surface area contributed by atoms with Crippen LogP contribution in [0.25, 0.3) is 11.1 Å². The van der Waals surface area contributed by atoms with Crippen LogP contribution in [0.15, 0.2) is 27.4 Å². The molecule has 0 radical (unpaired) electrons. The maximum Gasteiger partial charge on any atom is 0.419 e. The van der Waals surface area contributed by atoms with E-state index in [4.69, 9.17) is 4.42 Å². The van der Waals surface area contributed by atoms with E-state index in [1.807, 2.05) is 42.8 Å². The monoisotopic (exact) mass is 334 g/mol. The van der Waals surface area contributed by atoms with Gasteiger partial charge in [-0.05, 0) is 49.0 Å². The minimum Gasteiger partial charge on any atom is -0.408 e. The Balaban J connectivity index is 1.70. The Bertz CT molecular complexity index is 759. The Morgan fingerprint density at radius 2 is 2.13 bits per heavy atom. The van der Waals surface area contributed by atoms with E-state index in [0.29, 0.717) is 24.6 Å². The summed E-state index contributed by atoms with van der Waals surface area (Å²) in [4.78, 5) is 26.3. The molecule has 6 heteroatoms. The van der Waals surface area contributed by atoms with Crippen molar-refractivity contribution in [1.29, 1.82) is 0 Å². The Morgan fingerprint density at radius 1 is 1.39 bits per heavy atom. The largest absolute Gasteiger partial charge is 0.419 e. The number of aromatic nitrogens is 1. The standard InChI is InChI=1S/C17H22N2O3S/c1-12-3-4-15-14(11-12)19(17(21)22-15)8-5-16(20)18(2)13-6-9-23-10-7-13/h3-4,11,13H,5-10H2,1-2H3. The van der Waals surface area contributed by atoms with Crippen molar-refractivity contribution in [3.8, 4) is 0 Å². The lowest BCUT2D eigenvalue weighted by atomic mass is 10.1. The van der Waals surface area contributed by atoms with Gasteiger partial charge in [-0.15, -0.1) is 0 Å². The molecule has 0 unspecified atom stereocenters. The van der Waals surface area contributed by atoms with Gasteiger partial charge < -0.3 is 9.32 Å². The molecule has 1 aliphatic heterocycles. The van der Waals surface area contributed by atoms with Crippen LogP contribution in [0.3, 0.4) is 0 Å². The average Bonchev–Trinajstić information content (AvgIpc) is 2.87. The number of carbonyl (C=O) groups excluding carboxylic acids is 1. The molecule has 5 nitrogen and oxygen atoms in total. The number of nitrogens with zero attached hydrogens (tertiary/aromatic N) is 2. The number of thioether (sulfide) groups is 1. The molecule has 3 rings (SSSR count). The summed E-state index contributed by atoms with van der Waals surface area (Å²) < 4.78 is 6.80. The van der Waals surface area contributed by atoms with Gasteiger partial charge in [0.05, 0.1) is 5.52 Å². The van der Waals surface area contributed by atoms with E-state index in [-0.39, 0.29) is 5.91 Å². The lowest BCUT2D eigenvalue weighted by Crippen LogP contribution is -2.39. The van der Waals surface area contributed by atoms with Crippen molar-refractivity contribution < 1.29 is 9.21 Å². The molecular weight excluding hydrogens is 312 g/mol. The highest BCUT2D eigenvalue weighted by atomic mass is 32.2. The molecule has 0 atom stereocenters. The van der Waals surface area contributed by atoms with E-state index in [1.165, 1.54) is 0 Å². The predicted molar refractivity (Wildman–Crippen MR) is 92.9 cm³/mol. The van der Waals surface area contributed by atoms with Crippen LogP contribution in [0.2, 0.25) is 0 Å². The third kappa shape index (κ3) is 3.47. The van der Waals surface area contributed by atoms with Gasteiger partial charge in [-0.2, -0.15) is 11.8 Å². The molecule has 0 saturated carbocycles. The molecule has 2 aromatic rings. The smallest absolute Gasteiger partial charge is 0.408 e. The fourth-order valence-electron chi connectivity index (χ4n) is 3.04. The zero-order valence-corrected chi connectivity index (χ0v) is 14.4. The van der Waals surface area contributed by atoms with Crippen molar-refractivity contribution in [3.05, 3.63) is 34.3 Å². The number of hydrogen-bond donors (Lipinski definition) is 0. The van der Waals surface area contributed by atoms with E-state index in [2.05, 4.69) is 0 Å². The summed E-state index contributed by atoms with van der Waals surface area (Å²) >= 11 is 1.95. The van der Waals surface area contributed by atoms with Crippen LogP contribution in [0, 0.1) is 6.92 Å². The van der Waals surface area contributed by atoms with Crippen molar-refractivity contribution in [2.75, 3.05) is 18.6 Å². The molecule has 1 amide bonds. The molecule has 124 valence electrons. The van der Waals surface area contributed by atoms with Crippen molar-refractivity contribution >= 4 is 28.8 Å². The van der Waals surface area contributed by atoms with Crippen LogP contribution in [-0.2, 0) is 11.3 Å². The topological polar surface area (TPSA) is 55.5 Å². The molecule has 1 aliphatic rings. The van der Waals surface area contributed by atoms with Gasteiger partial charge in [-0.1, -0.05) is 6.07 Å². The van der Waals surface area contributed by atoms with Crippen LogP contribution < -0.4 is 5.76 Å². The van der Waals surface area contributed by atoms with Crippen LogP contribution >= 0.6 is 11.8 Å². The minimum absolute atomic E-state index is 0.0933. The Kier molecular flexibility index (Phi) is 4.80. The zero-order chi connectivity index (χ0) is 16.4. The summed E-state index contributed by atoms with van der Waals surface area (Å²) in [6, 6.07) is 5.97. The average molecular weight is 334 g/mol. The maximum absolute atomic E-state index is 12.4. The van der Waals surface area contributed by atoms with Gasteiger partial charge >= 0.3 is 5.76 Å². The van der Waals surface area contributed by atoms with E-state index < -0.39 is 5.76 Å². The lowest BCUT2D eigenvalue weighted by molar-refractivity contribution is -0.132. The number of carbonyl (C=O) groups is 1. The molecule has 2 heterocycles. The van der Waals surface area contributed by atoms with E-state index >= 15 is 0 Å². The number of benzene rings is 1. The highest BCUT2D eigenvalue weighted by Crippen LogP contribution is 2.21. The summed E-state index contributed by atoms with van der Waals surface area (Å²) in [5, 5.41) is 0. The minimum atomic E-state index is -0.393. The molecule has 0 N–H and O–H groups in total. The Labute approximate surface area is 139 Å². The molecule has 0 spiro atoms. The number of oxazole rings is 1. The summed E-state index contributed by atoms with van der Waals surface area (Å²) in [5.41, 5.74) is 2.40. The van der Waals surface area contributed by atoms with Crippen molar-refractivity contribution in [1.82, 2.24) is 9.47 Å². The first-order valence-electron chi connectivity index (χ1n) is 7.99. The van der Waals surface area contributed by atoms with Crippen LogP contribution in [-0.4, -0.2) is 40.0 Å². The van der Waals surface area contributed by atoms with Gasteiger partial charge in [0.1, 0.15) is 0 Å². The van der Waals surface area contributed by atoms with Gasteiger partial charge in [0.15, 0.2) is 5.58 Å². The maximum atomic E-state index is 12.4. The quantitative estimate of drug-likeness (QED) is 0.862. The summed E-state index contributed by atoms with van der Waals surface area (Å²) in [7, 11) is 1.88. The summed E-state index contributed by atoms with van der Waals surface area (Å²) in [6.45, 7) is 2.33. The second kappa shape index (κ2) is 6.83. The number of rotatable bonds is 4. The zero-order valence-electron chi connectivity index (χ0n) is 13.6. The normalized spacial score (nSPS) is 15.9. The van der Waals surface area contributed by atoms with Gasteiger partial charge in [-0.3, -0.25) is 9.36 Å². The SMILES string of the molecule is Cc1ccc2oc(=O)n(CCC(=O)N(C)C3CCSCC3)c2c1. The molecule has 1 saturated heterocycles. The Morgan fingerprint density at radius 3 is 2.87 bits per heavy atom. The number of aryl methyl sites for hydroxylation is 2. The number of amides is 1. The van der Waals surface area contributed by atoms with Crippen LogP contribution in [0.5, 0.6) is 0 Å². The number of hydrogen-bond acceptors (Lipinski definition) is 4. The van der Waals surface area contributed by atoms with Crippen LogP contribution in [0.1, 0.15) is 24.8 Å². The highest BCUT2D eigenvalue weighted by Gasteiger charge is 2.22. The van der Waals surface area contributed by atoms with Crippen molar-refractivity contribution in [2.45, 2.75) is 38.8 Å². The molecule has 0 bridgehead atoms. The molecule has 1 aromatic carbocycles. The summed E-state index contributed by atoms with van der Waals surface area (Å²) in [5.74, 6) is 1.94. The predicted octanol–water partition coefficient (Wildman–Crippen LogP) is 2.65. The lowest BCUT2D eigenvalue weighted by Gasteiger charge is -2.31. The molecule has 0 aliphatic carbocycles. The third-order valence-electron chi connectivity index (χ3n) is 4.50. The highest BCUT2D eigenvalue weighted by molar-refractivity contribution is 7.99. The molecule has 1 aromatic heterocycles.